The molecule has 2 aliphatic rings. The molecule has 1 N–H and O–H groups in total. The molecule has 2 saturated heterocycles. The monoisotopic (exact) mass is 380 g/mol. The first-order valence-corrected chi connectivity index (χ1v) is 8.87. The number of carboxylic acid groups (broad SMARTS) is 1. The molecule has 2 aliphatic heterocycles. The van der Waals surface area contributed by atoms with Crippen LogP contribution in [0.4, 0.5) is 0 Å². The molecule has 7 nitrogen and oxygen atoms in total. The first kappa shape index (κ1) is 18.5. The van der Waals surface area contributed by atoms with Crippen molar-refractivity contribution in [2.45, 2.75) is 24.8 Å². The van der Waals surface area contributed by atoms with Gasteiger partial charge in [0.2, 0.25) is 5.91 Å². The highest BCUT2D eigenvalue weighted by atomic mass is 35.5. The van der Waals surface area contributed by atoms with Gasteiger partial charge < -0.3 is 19.6 Å². The zero-order valence-electron chi connectivity index (χ0n) is 14.5. The number of amides is 2. The number of nitrogens with zero attached hydrogens (tertiary/aromatic N) is 2. The van der Waals surface area contributed by atoms with Crippen LogP contribution >= 0.6 is 11.6 Å². The van der Waals surface area contributed by atoms with Gasteiger partial charge in [0.05, 0.1) is 16.5 Å². The van der Waals surface area contributed by atoms with Crippen molar-refractivity contribution in [3.05, 3.63) is 29.3 Å². The standard InChI is InChI=1S/C18H21ClN2O5/c1-20-15(22)10-12(17(24)25)18(20)6-8-21(9-7-18)16(23)11-26-14-5-3-2-4-13(14)19/h2-5,12H,6-11H2,1H3,(H,24,25). The first-order valence-electron chi connectivity index (χ1n) is 8.50. The summed E-state index contributed by atoms with van der Waals surface area (Å²) >= 11 is 6.01. The van der Waals surface area contributed by atoms with E-state index in [0.717, 1.165) is 0 Å². The van der Waals surface area contributed by atoms with Crippen LogP contribution in [0.5, 0.6) is 5.75 Å². The molecule has 1 spiro atoms. The quantitative estimate of drug-likeness (QED) is 0.858. The van der Waals surface area contributed by atoms with Crippen LogP contribution in [0, 0.1) is 5.92 Å². The number of aliphatic carboxylic acids is 1. The summed E-state index contributed by atoms with van der Waals surface area (Å²) in [4.78, 5) is 39.2. The molecule has 0 bridgehead atoms. The molecular weight excluding hydrogens is 360 g/mol. The number of likely N-dealkylation sites (tertiary alicyclic amines) is 2. The van der Waals surface area contributed by atoms with Crippen LogP contribution < -0.4 is 4.74 Å². The molecule has 0 aliphatic carbocycles. The Bertz CT molecular complexity index is 730. The van der Waals surface area contributed by atoms with Crippen LogP contribution in [-0.4, -0.2) is 65.0 Å². The summed E-state index contributed by atoms with van der Waals surface area (Å²) in [5.74, 6) is -1.57. The third kappa shape index (κ3) is 3.23. The molecule has 26 heavy (non-hydrogen) atoms. The summed E-state index contributed by atoms with van der Waals surface area (Å²) in [6.07, 6.45) is 0.920. The van der Waals surface area contributed by atoms with Crippen molar-refractivity contribution < 1.29 is 24.2 Å². The van der Waals surface area contributed by atoms with E-state index < -0.39 is 17.4 Å². The van der Waals surface area contributed by atoms with Crippen LogP contribution in [0.2, 0.25) is 5.02 Å². The zero-order valence-corrected chi connectivity index (χ0v) is 15.2. The van der Waals surface area contributed by atoms with Gasteiger partial charge in [-0.3, -0.25) is 14.4 Å². The number of halogens is 1. The summed E-state index contributed by atoms with van der Waals surface area (Å²) < 4.78 is 5.48. The summed E-state index contributed by atoms with van der Waals surface area (Å²) in [5, 5.41) is 9.92. The Morgan fingerprint density at radius 3 is 2.58 bits per heavy atom. The number of para-hydroxylation sites is 1. The number of hydrogen-bond acceptors (Lipinski definition) is 4. The van der Waals surface area contributed by atoms with E-state index in [9.17, 15) is 19.5 Å². The number of carbonyl (C=O) groups is 3. The molecular formula is C18H21ClN2O5. The summed E-state index contributed by atoms with van der Waals surface area (Å²) in [6, 6.07) is 6.93. The van der Waals surface area contributed by atoms with Crippen molar-refractivity contribution in [2.24, 2.45) is 5.92 Å². The number of benzene rings is 1. The Morgan fingerprint density at radius 2 is 1.96 bits per heavy atom. The fraction of sp³-hybridized carbons (Fsp3) is 0.500. The van der Waals surface area contributed by atoms with Crippen molar-refractivity contribution in [1.29, 1.82) is 0 Å². The van der Waals surface area contributed by atoms with Gasteiger partial charge in [-0.1, -0.05) is 23.7 Å². The van der Waals surface area contributed by atoms with Gasteiger partial charge in [-0.25, -0.2) is 0 Å². The van der Waals surface area contributed by atoms with E-state index in [1.807, 2.05) is 0 Å². The second-order valence-corrected chi connectivity index (χ2v) is 7.16. The Kier molecular flexibility index (Phi) is 5.09. The highest BCUT2D eigenvalue weighted by Crippen LogP contribution is 2.42. The number of piperidine rings is 1. The van der Waals surface area contributed by atoms with Crippen LogP contribution in [-0.2, 0) is 14.4 Å². The van der Waals surface area contributed by atoms with E-state index in [1.165, 1.54) is 0 Å². The van der Waals surface area contributed by atoms with Gasteiger partial charge in [0.25, 0.3) is 5.91 Å². The van der Waals surface area contributed by atoms with Gasteiger partial charge in [0.15, 0.2) is 6.61 Å². The van der Waals surface area contributed by atoms with Crippen molar-refractivity contribution in [3.63, 3.8) is 0 Å². The molecule has 0 saturated carbocycles. The lowest BCUT2D eigenvalue weighted by Gasteiger charge is -2.45. The molecule has 2 heterocycles. The van der Waals surface area contributed by atoms with Crippen molar-refractivity contribution in [3.8, 4) is 5.75 Å². The van der Waals surface area contributed by atoms with Crippen molar-refractivity contribution in [1.82, 2.24) is 9.80 Å². The zero-order chi connectivity index (χ0) is 18.9. The van der Waals surface area contributed by atoms with E-state index in [4.69, 9.17) is 16.3 Å². The number of carboxylic acids is 1. The fourth-order valence-electron chi connectivity index (χ4n) is 3.92. The molecule has 2 amide bonds. The van der Waals surface area contributed by atoms with E-state index >= 15 is 0 Å². The van der Waals surface area contributed by atoms with Crippen LogP contribution in [0.25, 0.3) is 0 Å². The lowest BCUT2D eigenvalue weighted by Crippen LogP contribution is -2.57. The predicted molar refractivity (Wildman–Crippen MR) is 94.0 cm³/mol. The lowest BCUT2D eigenvalue weighted by atomic mass is 9.77. The van der Waals surface area contributed by atoms with Gasteiger partial charge in [0.1, 0.15) is 5.75 Å². The molecule has 3 rings (SSSR count). The number of rotatable bonds is 4. The Labute approximate surface area is 156 Å². The molecule has 1 unspecified atom stereocenters. The lowest BCUT2D eigenvalue weighted by molar-refractivity contribution is -0.147. The third-order valence-electron chi connectivity index (χ3n) is 5.54. The van der Waals surface area contributed by atoms with Gasteiger partial charge >= 0.3 is 5.97 Å². The van der Waals surface area contributed by atoms with E-state index in [2.05, 4.69) is 0 Å². The average Bonchev–Trinajstić information content (AvgIpc) is 2.87. The SMILES string of the molecule is CN1C(=O)CC(C(=O)O)C12CCN(C(=O)COc1ccccc1Cl)CC2. The summed E-state index contributed by atoms with van der Waals surface area (Å²) in [7, 11) is 1.66. The largest absolute Gasteiger partial charge is 0.482 e. The van der Waals surface area contributed by atoms with Gasteiger partial charge in [-0.2, -0.15) is 0 Å². The molecule has 2 fully saturated rings. The molecule has 1 aromatic carbocycles. The van der Waals surface area contributed by atoms with Gasteiger partial charge in [-0.15, -0.1) is 0 Å². The highest BCUT2D eigenvalue weighted by Gasteiger charge is 2.55. The van der Waals surface area contributed by atoms with Crippen LogP contribution in [0.15, 0.2) is 24.3 Å². The molecule has 0 radical (unpaired) electrons. The normalized spacial score (nSPS) is 21.9. The maximum Gasteiger partial charge on any atom is 0.309 e. The third-order valence-corrected chi connectivity index (χ3v) is 5.85. The number of ether oxygens (including phenoxy) is 1. The minimum Gasteiger partial charge on any atom is -0.482 e. The molecule has 0 aromatic heterocycles. The summed E-state index contributed by atoms with van der Waals surface area (Å²) in [6.45, 7) is 0.659. The minimum atomic E-state index is -0.954. The Hall–Kier alpha value is -2.28. The highest BCUT2D eigenvalue weighted by molar-refractivity contribution is 6.32. The minimum absolute atomic E-state index is 0.0232. The van der Waals surface area contributed by atoms with E-state index in [-0.39, 0.29) is 24.8 Å². The second kappa shape index (κ2) is 7.15. The van der Waals surface area contributed by atoms with Gasteiger partial charge in [0, 0.05) is 26.6 Å². The number of hydrogen-bond donors (Lipinski definition) is 1. The predicted octanol–water partition coefficient (Wildman–Crippen LogP) is 1.64. The maximum absolute atomic E-state index is 12.4. The topological polar surface area (TPSA) is 87.2 Å². The fourth-order valence-corrected chi connectivity index (χ4v) is 4.11. The maximum atomic E-state index is 12.4. The van der Waals surface area contributed by atoms with Crippen molar-refractivity contribution in [2.75, 3.05) is 26.7 Å². The van der Waals surface area contributed by atoms with Crippen LogP contribution in [0.1, 0.15) is 19.3 Å². The molecule has 8 heteroatoms. The molecule has 1 atom stereocenters. The Morgan fingerprint density at radius 1 is 1.31 bits per heavy atom. The van der Waals surface area contributed by atoms with Crippen LogP contribution in [0.3, 0.4) is 0 Å². The molecule has 140 valence electrons. The van der Waals surface area contributed by atoms with E-state index in [1.54, 1.807) is 41.1 Å². The van der Waals surface area contributed by atoms with E-state index in [0.29, 0.717) is 36.7 Å². The van der Waals surface area contributed by atoms with Gasteiger partial charge in [-0.05, 0) is 25.0 Å². The second-order valence-electron chi connectivity index (χ2n) is 6.75. The van der Waals surface area contributed by atoms with Crippen molar-refractivity contribution >= 4 is 29.4 Å². The summed E-state index contributed by atoms with van der Waals surface area (Å²) in [5.41, 5.74) is -0.705. The molecule has 1 aromatic rings. The first-order chi connectivity index (χ1) is 12.3. The smallest absolute Gasteiger partial charge is 0.309 e. The Balaban J connectivity index is 1.61. The average molecular weight is 381 g/mol. The number of carbonyl (C=O) groups excluding carboxylic acids is 2.